The molecule has 0 aliphatic carbocycles. The van der Waals surface area contributed by atoms with Gasteiger partial charge in [-0.15, -0.1) is 0 Å². The summed E-state index contributed by atoms with van der Waals surface area (Å²) < 4.78 is 0. The molecule has 21 heavy (non-hydrogen) atoms. The van der Waals surface area contributed by atoms with Gasteiger partial charge >= 0.3 is 12.0 Å². The molecule has 0 saturated carbocycles. The number of urea groups is 1. The Labute approximate surface area is 123 Å². The van der Waals surface area contributed by atoms with Gasteiger partial charge in [0, 0.05) is 30.4 Å². The second-order valence-corrected chi connectivity index (χ2v) is 5.71. The molecule has 2 amide bonds. The molecule has 0 unspecified atom stereocenters. The Hall–Kier alpha value is -2.09. The van der Waals surface area contributed by atoms with Gasteiger partial charge in [0.25, 0.3) is 0 Å². The van der Waals surface area contributed by atoms with E-state index in [1.165, 1.54) is 12.5 Å². The third-order valence-electron chi connectivity index (χ3n) is 3.47. The number of carbonyl (C=O) groups is 2. The summed E-state index contributed by atoms with van der Waals surface area (Å²) >= 11 is 0. The summed E-state index contributed by atoms with van der Waals surface area (Å²) in [6.07, 6.45) is 3.15. The lowest BCUT2D eigenvalue weighted by Gasteiger charge is -2.32. The van der Waals surface area contributed by atoms with Gasteiger partial charge in [0.15, 0.2) is 0 Å². The molecule has 0 bridgehead atoms. The van der Waals surface area contributed by atoms with Gasteiger partial charge in [-0.1, -0.05) is 0 Å². The third kappa shape index (κ3) is 5.42. The summed E-state index contributed by atoms with van der Waals surface area (Å²) in [5.41, 5.74) is 0.427. The second-order valence-electron chi connectivity index (χ2n) is 5.71. The minimum absolute atomic E-state index is 0.153. The Morgan fingerprint density at radius 3 is 2.62 bits per heavy atom. The number of rotatable bonds is 7. The van der Waals surface area contributed by atoms with Gasteiger partial charge in [0.2, 0.25) is 0 Å². The van der Waals surface area contributed by atoms with Gasteiger partial charge in [0.05, 0.1) is 6.33 Å². The molecule has 0 aromatic carbocycles. The molecule has 4 N–H and O–H groups in total. The lowest BCUT2D eigenvalue weighted by Crippen LogP contribution is -2.53. The predicted octanol–water partition coefficient (Wildman–Crippen LogP) is 0.0448. The predicted molar refractivity (Wildman–Crippen MR) is 78.0 cm³/mol. The fourth-order valence-electron chi connectivity index (χ4n) is 1.48. The Kier molecular flexibility index (Phi) is 5.71. The Morgan fingerprint density at radius 2 is 2.14 bits per heavy atom. The summed E-state index contributed by atoms with van der Waals surface area (Å²) in [6, 6.07) is -1.51. The maximum absolute atomic E-state index is 11.8. The maximum Gasteiger partial charge on any atom is 0.326 e. The number of carboxylic acid groups (broad SMARTS) is 1. The summed E-state index contributed by atoms with van der Waals surface area (Å²) in [7, 11) is 3.83. The van der Waals surface area contributed by atoms with Crippen LogP contribution in [0.4, 0.5) is 4.79 Å². The van der Waals surface area contributed by atoms with E-state index in [9.17, 15) is 9.59 Å². The molecule has 8 nitrogen and oxygen atoms in total. The third-order valence-corrected chi connectivity index (χ3v) is 3.47. The number of amides is 2. The van der Waals surface area contributed by atoms with Crippen molar-refractivity contribution < 1.29 is 14.7 Å². The van der Waals surface area contributed by atoms with E-state index in [4.69, 9.17) is 5.11 Å². The number of nitrogens with one attached hydrogen (secondary N) is 3. The molecule has 0 saturated heterocycles. The van der Waals surface area contributed by atoms with Crippen molar-refractivity contribution in [3.63, 3.8) is 0 Å². The van der Waals surface area contributed by atoms with Gasteiger partial charge in [-0.2, -0.15) is 0 Å². The van der Waals surface area contributed by atoms with E-state index in [1.54, 1.807) is 0 Å². The second kappa shape index (κ2) is 7.07. The maximum atomic E-state index is 11.8. The van der Waals surface area contributed by atoms with Crippen molar-refractivity contribution in [2.24, 2.45) is 0 Å². The van der Waals surface area contributed by atoms with Crippen molar-refractivity contribution in [1.29, 1.82) is 0 Å². The highest BCUT2D eigenvalue weighted by Crippen LogP contribution is 2.07. The van der Waals surface area contributed by atoms with Crippen molar-refractivity contribution in [3.8, 4) is 0 Å². The molecule has 1 heterocycles. The van der Waals surface area contributed by atoms with Crippen LogP contribution in [0.5, 0.6) is 0 Å². The number of aliphatic carboxylic acids is 1. The number of H-pyrrole nitrogens is 1. The van der Waals surface area contributed by atoms with E-state index in [0.29, 0.717) is 12.2 Å². The molecule has 0 fully saturated rings. The fourth-order valence-corrected chi connectivity index (χ4v) is 1.48. The van der Waals surface area contributed by atoms with Crippen LogP contribution in [0.2, 0.25) is 0 Å². The lowest BCUT2D eigenvalue weighted by molar-refractivity contribution is -0.139. The highest BCUT2D eigenvalue weighted by Gasteiger charge is 2.24. The zero-order chi connectivity index (χ0) is 16.0. The standard InChI is InChI=1S/C13H23N5O3/c1-13(2,18(3)4)7-15-12(21)17-10(11(19)20)5-9-6-14-8-16-9/h6,8,10H,5,7H2,1-4H3,(H,14,16)(H,19,20)(H2,15,17,21)/t10-/m1/s1. The van der Waals surface area contributed by atoms with Gasteiger partial charge in [-0.05, 0) is 27.9 Å². The smallest absolute Gasteiger partial charge is 0.326 e. The fraction of sp³-hybridized carbons (Fsp3) is 0.615. The number of carbonyl (C=O) groups excluding carboxylic acids is 1. The lowest BCUT2D eigenvalue weighted by atomic mass is 10.0. The normalized spacial score (nSPS) is 13.0. The molecule has 8 heteroatoms. The summed E-state index contributed by atoms with van der Waals surface area (Å²) in [5.74, 6) is -1.09. The Morgan fingerprint density at radius 1 is 1.48 bits per heavy atom. The summed E-state index contributed by atoms with van der Waals surface area (Å²) in [6.45, 7) is 4.36. The highest BCUT2D eigenvalue weighted by atomic mass is 16.4. The van der Waals surface area contributed by atoms with Crippen LogP contribution in [0.1, 0.15) is 19.5 Å². The van der Waals surface area contributed by atoms with Gasteiger partial charge in [0.1, 0.15) is 6.04 Å². The average Bonchev–Trinajstić information content (AvgIpc) is 2.88. The van der Waals surface area contributed by atoms with Crippen LogP contribution in [0.3, 0.4) is 0 Å². The van der Waals surface area contributed by atoms with E-state index >= 15 is 0 Å². The average molecular weight is 297 g/mol. The van der Waals surface area contributed by atoms with Crippen LogP contribution in [-0.4, -0.2) is 64.2 Å². The largest absolute Gasteiger partial charge is 0.480 e. The first-order valence-electron chi connectivity index (χ1n) is 6.64. The first-order chi connectivity index (χ1) is 9.72. The first kappa shape index (κ1) is 17.0. The number of hydrogen-bond donors (Lipinski definition) is 4. The van der Waals surface area contributed by atoms with Gasteiger partial charge in [-0.25, -0.2) is 14.6 Å². The Bertz CT molecular complexity index is 470. The van der Waals surface area contributed by atoms with Crippen molar-refractivity contribution in [2.45, 2.75) is 31.8 Å². The van der Waals surface area contributed by atoms with E-state index in [2.05, 4.69) is 20.6 Å². The van der Waals surface area contributed by atoms with Crippen LogP contribution in [0.15, 0.2) is 12.5 Å². The quantitative estimate of drug-likeness (QED) is 0.568. The molecule has 1 atom stereocenters. The molecular formula is C13H23N5O3. The van der Waals surface area contributed by atoms with Crippen LogP contribution >= 0.6 is 0 Å². The van der Waals surface area contributed by atoms with Gasteiger partial charge < -0.3 is 25.6 Å². The molecule has 1 aromatic rings. The Balaban J connectivity index is 2.52. The molecule has 1 aromatic heterocycles. The zero-order valence-electron chi connectivity index (χ0n) is 12.8. The van der Waals surface area contributed by atoms with Crippen molar-refractivity contribution in [2.75, 3.05) is 20.6 Å². The molecular weight excluding hydrogens is 274 g/mol. The number of nitrogens with zero attached hydrogens (tertiary/aromatic N) is 2. The monoisotopic (exact) mass is 297 g/mol. The van der Waals surface area contributed by atoms with E-state index < -0.39 is 18.0 Å². The van der Waals surface area contributed by atoms with Crippen molar-refractivity contribution >= 4 is 12.0 Å². The topological polar surface area (TPSA) is 110 Å². The minimum atomic E-state index is -1.09. The molecule has 0 spiro atoms. The number of hydrogen-bond acceptors (Lipinski definition) is 4. The van der Waals surface area contributed by atoms with E-state index in [-0.39, 0.29) is 12.0 Å². The summed E-state index contributed by atoms with van der Waals surface area (Å²) in [5, 5.41) is 14.3. The molecule has 0 aliphatic heterocycles. The first-order valence-corrected chi connectivity index (χ1v) is 6.64. The number of carboxylic acids is 1. The highest BCUT2D eigenvalue weighted by molar-refractivity contribution is 5.82. The van der Waals surface area contributed by atoms with Crippen LogP contribution < -0.4 is 10.6 Å². The van der Waals surface area contributed by atoms with E-state index in [0.717, 1.165) is 0 Å². The van der Waals surface area contributed by atoms with Crippen LogP contribution in [-0.2, 0) is 11.2 Å². The van der Waals surface area contributed by atoms with E-state index in [1.807, 2.05) is 32.8 Å². The van der Waals surface area contributed by atoms with Crippen molar-refractivity contribution in [1.82, 2.24) is 25.5 Å². The number of aromatic nitrogens is 2. The van der Waals surface area contributed by atoms with Crippen molar-refractivity contribution in [3.05, 3.63) is 18.2 Å². The summed E-state index contributed by atoms with van der Waals surface area (Å²) in [4.78, 5) is 31.6. The SMILES string of the molecule is CN(C)C(C)(C)CNC(=O)N[C@H](Cc1cnc[nH]1)C(=O)O. The molecule has 0 radical (unpaired) electrons. The minimum Gasteiger partial charge on any atom is -0.480 e. The van der Waals surface area contributed by atoms with Crippen LogP contribution in [0.25, 0.3) is 0 Å². The molecule has 0 aliphatic rings. The number of aromatic amines is 1. The van der Waals surface area contributed by atoms with Gasteiger partial charge in [-0.3, -0.25) is 0 Å². The molecule has 118 valence electrons. The van der Waals surface area contributed by atoms with Crippen LogP contribution in [0, 0.1) is 0 Å². The number of imidazole rings is 1. The molecule has 1 rings (SSSR count). The number of likely N-dealkylation sites (N-methyl/N-ethyl adjacent to an activating group) is 1. The zero-order valence-corrected chi connectivity index (χ0v) is 12.8.